The number of nitrogens with two attached hydrogens (primary N) is 1. The first-order valence-corrected chi connectivity index (χ1v) is 11.1. The van der Waals surface area contributed by atoms with Crippen LogP contribution in [0.1, 0.15) is 43.5 Å². The van der Waals surface area contributed by atoms with Crippen molar-refractivity contribution in [2.45, 2.75) is 51.7 Å². The Balaban J connectivity index is 1.65. The first-order valence-electron chi connectivity index (χ1n) is 9.99. The van der Waals surface area contributed by atoms with Gasteiger partial charge in [0.1, 0.15) is 5.69 Å². The first kappa shape index (κ1) is 21.1. The third-order valence-corrected chi connectivity index (χ3v) is 7.89. The van der Waals surface area contributed by atoms with Crippen molar-refractivity contribution in [3.8, 4) is 11.3 Å². The number of aromatic nitrogens is 2. The quantitative estimate of drug-likeness (QED) is 0.637. The molecule has 29 heavy (non-hydrogen) atoms. The van der Waals surface area contributed by atoms with Gasteiger partial charge in [0, 0.05) is 24.7 Å². The predicted molar refractivity (Wildman–Crippen MR) is 119 cm³/mol. The van der Waals surface area contributed by atoms with E-state index >= 15 is 0 Å². The highest BCUT2D eigenvalue weighted by atomic mass is 35.5. The molecule has 1 saturated heterocycles. The fourth-order valence-corrected chi connectivity index (χ4v) is 5.44. The van der Waals surface area contributed by atoms with Crippen molar-refractivity contribution in [2.24, 2.45) is 11.1 Å². The van der Waals surface area contributed by atoms with Crippen LogP contribution in [0.15, 0.2) is 12.1 Å². The highest BCUT2D eigenvalue weighted by Crippen LogP contribution is 2.46. The number of piperidine rings is 1. The summed E-state index contributed by atoms with van der Waals surface area (Å²) in [7, 11) is 0. The van der Waals surface area contributed by atoms with Crippen LogP contribution in [-0.2, 0) is 6.61 Å². The highest BCUT2D eigenvalue weighted by Gasteiger charge is 2.43. The molecule has 0 radical (unpaired) electrons. The van der Waals surface area contributed by atoms with Crippen LogP contribution in [0, 0.1) is 12.3 Å². The molecule has 0 amide bonds. The summed E-state index contributed by atoms with van der Waals surface area (Å²) in [6, 6.07) is 3.77. The first-order chi connectivity index (χ1) is 13.9. The number of rotatable bonds is 3. The van der Waals surface area contributed by atoms with Gasteiger partial charge in [0.05, 0.1) is 33.1 Å². The van der Waals surface area contributed by atoms with Gasteiger partial charge in [0.25, 0.3) is 0 Å². The Morgan fingerprint density at radius 2 is 1.86 bits per heavy atom. The van der Waals surface area contributed by atoms with Crippen LogP contribution >= 0.6 is 34.8 Å². The largest absolute Gasteiger partial charge is 0.390 e. The fraction of sp³-hybridized carbons (Fsp3) is 0.524. The minimum absolute atomic E-state index is 0.199. The van der Waals surface area contributed by atoms with Crippen molar-refractivity contribution >= 4 is 40.6 Å². The number of benzene rings is 1. The molecule has 8 heteroatoms. The van der Waals surface area contributed by atoms with Gasteiger partial charge in [0.2, 0.25) is 0 Å². The fourth-order valence-electron chi connectivity index (χ4n) is 4.82. The average Bonchev–Trinajstić information content (AvgIpc) is 3.07. The maximum atomic E-state index is 10.00. The molecule has 2 heterocycles. The topological polar surface area (TPSA) is 75.3 Å². The zero-order chi connectivity index (χ0) is 20.8. The number of aryl methyl sites for hydroxylation is 1. The molecule has 4 rings (SSSR count). The number of nitrogens with zero attached hydrogens (tertiary/aromatic N) is 3. The van der Waals surface area contributed by atoms with E-state index in [4.69, 9.17) is 50.5 Å². The molecule has 1 aliphatic carbocycles. The van der Waals surface area contributed by atoms with Crippen molar-refractivity contribution in [3.63, 3.8) is 0 Å². The van der Waals surface area contributed by atoms with Gasteiger partial charge in [-0.3, -0.25) is 0 Å². The molecule has 1 aromatic heterocycles. The lowest BCUT2D eigenvalue weighted by Gasteiger charge is -2.42. The van der Waals surface area contributed by atoms with Crippen LogP contribution in [0.3, 0.4) is 0 Å². The van der Waals surface area contributed by atoms with E-state index in [0.717, 1.165) is 43.9 Å². The van der Waals surface area contributed by atoms with Gasteiger partial charge in [-0.2, -0.15) is 0 Å². The Kier molecular flexibility index (Phi) is 5.97. The maximum absolute atomic E-state index is 10.00. The SMILES string of the molecule is Cc1nc(N2CCC3(CCC[C@H]3N)CC2)c(CO)nc1-c1ccc(Cl)c(Cl)c1Cl. The second-order valence-electron chi connectivity index (χ2n) is 8.16. The number of hydrogen-bond acceptors (Lipinski definition) is 5. The molecule has 1 atom stereocenters. The summed E-state index contributed by atoms with van der Waals surface area (Å²) in [5.74, 6) is 0.742. The van der Waals surface area contributed by atoms with Crippen LogP contribution in [0.25, 0.3) is 11.3 Å². The van der Waals surface area contributed by atoms with Crippen LogP contribution in [-0.4, -0.2) is 34.2 Å². The second kappa shape index (κ2) is 8.20. The van der Waals surface area contributed by atoms with Gasteiger partial charge in [0.15, 0.2) is 5.82 Å². The number of aliphatic hydroxyl groups excluding tert-OH is 1. The molecule has 0 unspecified atom stereocenters. The number of anilines is 1. The normalized spacial score (nSPS) is 21.2. The molecular weight excluding hydrogens is 431 g/mol. The summed E-state index contributed by atoms with van der Waals surface area (Å²) >= 11 is 18.7. The summed E-state index contributed by atoms with van der Waals surface area (Å²) in [6.45, 7) is 3.45. The monoisotopic (exact) mass is 454 g/mol. The molecule has 1 spiro atoms. The summed E-state index contributed by atoms with van der Waals surface area (Å²) in [6.07, 6.45) is 5.68. The average molecular weight is 456 g/mol. The van der Waals surface area contributed by atoms with Gasteiger partial charge >= 0.3 is 0 Å². The van der Waals surface area contributed by atoms with Crippen LogP contribution < -0.4 is 10.6 Å². The Labute approximate surface area is 186 Å². The second-order valence-corrected chi connectivity index (χ2v) is 9.32. The van der Waals surface area contributed by atoms with E-state index in [-0.39, 0.29) is 17.0 Å². The zero-order valence-electron chi connectivity index (χ0n) is 16.4. The summed E-state index contributed by atoms with van der Waals surface area (Å²) in [4.78, 5) is 11.7. The third-order valence-electron chi connectivity index (χ3n) is 6.60. The molecule has 3 N–H and O–H groups in total. The molecule has 1 aromatic carbocycles. The van der Waals surface area contributed by atoms with E-state index in [1.165, 1.54) is 12.8 Å². The molecule has 1 aliphatic heterocycles. The van der Waals surface area contributed by atoms with Crippen molar-refractivity contribution in [1.82, 2.24) is 9.97 Å². The van der Waals surface area contributed by atoms with Crippen molar-refractivity contribution in [2.75, 3.05) is 18.0 Å². The summed E-state index contributed by atoms with van der Waals surface area (Å²) in [5, 5.41) is 11.0. The smallest absolute Gasteiger partial charge is 0.153 e. The van der Waals surface area contributed by atoms with Crippen molar-refractivity contribution < 1.29 is 5.11 Å². The molecule has 0 bridgehead atoms. The zero-order valence-corrected chi connectivity index (χ0v) is 18.7. The Hall–Kier alpha value is -1.11. The lowest BCUT2D eigenvalue weighted by atomic mass is 9.74. The highest BCUT2D eigenvalue weighted by molar-refractivity contribution is 6.49. The Bertz CT molecular complexity index is 929. The number of aliphatic hydroxyl groups is 1. The van der Waals surface area contributed by atoms with Gasteiger partial charge < -0.3 is 15.7 Å². The molecule has 2 fully saturated rings. The molecule has 5 nitrogen and oxygen atoms in total. The Morgan fingerprint density at radius 3 is 2.48 bits per heavy atom. The van der Waals surface area contributed by atoms with Gasteiger partial charge in [-0.05, 0) is 50.2 Å². The van der Waals surface area contributed by atoms with Crippen LogP contribution in [0.2, 0.25) is 15.1 Å². The standard InChI is InChI=1S/C21H25Cl3N4O/c1-12-19(13-4-5-14(22)18(24)17(13)23)27-15(11-29)20(26-12)28-9-7-21(8-10-28)6-2-3-16(21)25/h4-5,16,29H,2-3,6-11,25H2,1H3/t16-/m1/s1. The number of halogens is 3. The minimum atomic E-state index is -0.199. The molecule has 156 valence electrons. The van der Waals surface area contributed by atoms with Crippen LogP contribution in [0.4, 0.5) is 5.82 Å². The van der Waals surface area contributed by atoms with Crippen molar-refractivity contribution in [3.05, 3.63) is 38.6 Å². The molecule has 1 saturated carbocycles. The lowest BCUT2D eigenvalue weighted by Crippen LogP contribution is -2.47. The van der Waals surface area contributed by atoms with E-state index in [0.29, 0.717) is 33.0 Å². The van der Waals surface area contributed by atoms with E-state index in [1.807, 2.05) is 6.92 Å². The van der Waals surface area contributed by atoms with E-state index in [9.17, 15) is 5.11 Å². The van der Waals surface area contributed by atoms with Gasteiger partial charge in [-0.25, -0.2) is 9.97 Å². The summed E-state index contributed by atoms with van der Waals surface area (Å²) < 4.78 is 0. The predicted octanol–water partition coefficient (Wildman–Crippen LogP) is 5.00. The Morgan fingerprint density at radius 1 is 1.14 bits per heavy atom. The van der Waals surface area contributed by atoms with Gasteiger partial charge in [-0.15, -0.1) is 0 Å². The van der Waals surface area contributed by atoms with Gasteiger partial charge in [-0.1, -0.05) is 41.2 Å². The lowest BCUT2D eigenvalue weighted by molar-refractivity contribution is 0.196. The molecule has 2 aromatic rings. The van der Waals surface area contributed by atoms with E-state index < -0.39 is 0 Å². The van der Waals surface area contributed by atoms with E-state index in [2.05, 4.69) is 4.90 Å². The molecule has 2 aliphatic rings. The maximum Gasteiger partial charge on any atom is 0.153 e. The third kappa shape index (κ3) is 3.72. The summed E-state index contributed by atoms with van der Waals surface area (Å²) in [5.41, 5.74) is 9.21. The van der Waals surface area contributed by atoms with Crippen LogP contribution in [0.5, 0.6) is 0 Å². The van der Waals surface area contributed by atoms with E-state index in [1.54, 1.807) is 12.1 Å². The minimum Gasteiger partial charge on any atom is -0.390 e. The number of hydrogen-bond donors (Lipinski definition) is 2. The van der Waals surface area contributed by atoms with Crippen molar-refractivity contribution in [1.29, 1.82) is 0 Å². The molecular formula is C21H25Cl3N4O.